The van der Waals surface area contributed by atoms with Gasteiger partial charge in [0, 0.05) is 5.69 Å². The van der Waals surface area contributed by atoms with Gasteiger partial charge in [0.25, 0.3) is 5.91 Å². The summed E-state index contributed by atoms with van der Waals surface area (Å²) < 4.78 is 44.0. The molecule has 0 saturated carbocycles. The lowest BCUT2D eigenvalue weighted by atomic mass is 10.2. The van der Waals surface area contributed by atoms with Crippen molar-refractivity contribution in [2.45, 2.75) is 17.9 Å². The van der Waals surface area contributed by atoms with Crippen LogP contribution in [0.5, 0.6) is 0 Å². The summed E-state index contributed by atoms with van der Waals surface area (Å²) in [5.41, 5.74) is -0.0126. The summed E-state index contributed by atoms with van der Waals surface area (Å²) in [6, 6.07) is 8.72. The smallest absolute Gasteiger partial charge is 0.340 e. The molecule has 1 amide bonds. The molecule has 1 atom stereocenters. The van der Waals surface area contributed by atoms with Gasteiger partial charge in [-0.25, -0.2) is 22.3 Å². The van der Waals surface area contributed by atoms with Crippen LogP contribution in [-0.2, 0) is 19.6 Å². The van der Waals surface area contributed by atoms with E-state index in [0.29, 0.717) is 0 Å². The number of benzene rings is 2. The maximum atomic E-state index is 13.2. The second-order valence-electron chi connectivity index (χ2n) is 5.40. The molecular weight excluding hydrogens is 399 g/mol. The first kappa shape index (κ1) is 20.8. The van der Waals surface area contributed by atoms with Crippen molar-refractivity contribution in [2.24, 2.45) is 0 Å². The number of rotatable bonds is 6. The minimum Gasteiger partial charge on any atom is -0.449 e. The maximum Gasteiger partial charge on any atom is 0.340 e. The van der Waals surface area contributed by atoms with E-state index in [2.05, 4.69) is 10.0 Å². The van der Waals surface area contributed by atoms with Gasteiger partial charge in [0.1, 0.15) is 5.82 Å². The standard InChI is InChI=1S/C17H16ClFN2O5S/c1-10(16(22)21-12-5-3-4-11(19)8-12)26-17(23)14-9-13(6-7-15(14)18)27(24,25)20-2/h3-10,20H,1-2H3,(H,21,22)/t10-/m0/s1. The predicted molar refractivity (Wildman–Crippen MR) is 97.6 cm³/mol. The molecule has 0 aliphatic heterocycles. The summed E-state index contributed by atoms with van der Waals surface area (Å²) in [5, 5.41) is 2.37. The molecule has 0 unspecified atom stereocenters. The quantitative estimate of drug-likeness (QED) is 0.707. The van der Waals surface area contributed by atoms with Gasteiger partial charge in [-0.1, -0.05) is 17.7 Å². The van der Waals surface area contributed by atoms with Gasteiger partial charge in [0.05, 0.1) is 15.5 Å². The maximum absolute atomic E-state index is 13.2. The highest BCUT2D eigenvalue weighted by atomic mass is 35.5. The first-order valence-electron chi connectivity index (χ1n) is 7.64. The van der Waals surface area contributed by atoms with E-state index in [1.165, 1.54) is 44.3 Å². The summed E-state index contributed by atoms with van der Waals surface area (Å²) in [4.78, 5) is 24.2. The zero-order valence-corrected chi connectivity index (χ0v) is 15.9. The summed E-state index contributed by atoms with van der Waals surface area (Å²) in [5.74, 6) is -2.20. The Labute approximate surface area is 160 Å². The SMILES string of the molecule is CNS(=O)(=O)c1ccc(Cl)c(C(=O)O[C@@H](C)C(=O)Nc2cccc(F)c2)c1. The molecule has 0 aromatic heterocycles. The van der Waals surface area contributed by atoms with Gasteiger partial charge in [-0.3, -0.25) is 4.79 Å². The molecule has 0 saturated heterocycles. The van der Waals surface area contributed by atoms with Crippen LogP contribution in [-0.4, -0.2) is 33.4 Å². The summed E-state index contributed by atoms with van der Waals surface area (Å²) in [6.07, 6.45) is -1.23. The number of amides is 1. The van der Waals surface area contributed by atoms with Crippen molar-refractivity contribution in [3.63, 3.8) is 0 Å². The molecule has 0 aliphatic rings. The van der Waals surface area contributed by atoms with Gasteiger partial charge < -0.3 is 10.1 Å². The molecule has 0 bridgehead atoms. The van der Waals surface area contributed by atoms with Gasteiger partial charge in [-0.05, 0) is 50.4 Å². The monoisotopic (exact) mass is 414 g/mol. The lowest BCUT2D eigenvalue weighted by molar-refractivity contribution is -0.123. The predicted octanol–water partition coefficient (Wildman–Crippen LogP) is 2.57. The minimum atomic E-state index is -3.79. The van der Waals surface area contributed by atoms with Crippen molar-refractivity contribution < 1.29 is 27.1 Å². The molecule has 0 fully saturated rings. The van der Waals surface area contributed by atoms with E-state index in [4.69, 9.17) is 16.3 Å². The van der Waals surface area contributed by atoms with E-state index < -0.39 is 33.8 Å². The van der Waals surface area contributed by atoms with Crippen LogP contribution in [0.25, 0.3) is 0 Å². The van der Waals surface area contributed by atoms with Crippen LogP contribution >= 0.6 is 11.6 Å². The molecule has 0 aliphatic carbocycles. The molecule has 2 aromatic rings. The van der Waals surface area contributed by atoms with Crippen LogP contribution in [0.4, 0.5) is 10.1 Å². The fourth-order valence-electron chi connectivity index (χ4n) is 2.03. The van der Waals surface area contributed by atoms with Gasteiger partial charge in [0.2, 0.25) is 10.0 Å². The van der Waals surface area contributed by atoms with E-state index in [-0.39, 0.29) is 21.2 Å². The fourth-order valence-corrected chi connectivity index (χ4v) is 2.98. The Kier molecular flexibility index (Phi) is 6.53. The van der Waals surface area contributed by atoms with Crippen molar-refractivity contribution in [1.29, 1.82) is 0 Å². The first-order chi connectivity index (χ1) is 12.6. The van der Waals surface area contributed by atoms with E-state index >= 15 is 0 Å². The van der Waals surface area contributed by atoms with Gasteiger partial charge in [-0.15, -0.1) is 0 Å². The topological polar surface area (TPSA) is 102 Å². The van der Waals surface area contributed by atoms with Crippen molar-refractivity contribution in [1.82, 2.24) is 4.72 Å². The van der Waals surface area contributed by atoms with Crippen LogP contribution < -0.4 is 10.0 Å². The normalized spacial score (nSPS) is 12.3. The van der Waals surface area contributed by atoms with Crippen LogP contribution in [0.1, 0.15) is 17.3 Å². The average molecular weight is 415 g/mol. The lowest BCUT2D eigenvalue weighted by Gasteiger charge is -2.14. The number of nitrogens with one attached hydrogen (secondary N) is 2. The Balaban J connectivity index is 2.14. The third-order valence-corrected chi connectivity index (χ3v) is 5.22. The van der Waals surface area contributed by atoms with E-state index in [1.807, 2.05) is 0 Å². The molecular formula is C17H16ClFN2O5S. The van der Waals surface area contributed by atoms with Crippen molar-refractivity contribution >= 4 is 39.2 Å². The molecule has 2 aromatic carbocycles. The third kappa shape index (κ3) is 5.25. The van der Waals surface area contributed by atoms with E-state index in [1.54, 1.807) is 0 Å². The number of hydrogen-bond acceptors (Lipinski definition) is 5. The number of esters is 1. The Morgan fingerprint density at radius 2 is 1.89 bits per heavy atom. The van der Waals surface area contributed by atoms with Gasteiger partial charge in [-0.2, -0.15) is 0 Å². The molecule has 0 spiro atoms. The van der Waals surface area contributed by atoms with Gasteiger partial charge >= 0.3 is 5.97 Å². The van der Waals surface area contributed by atoms with Crippen molar-refractivity contribution in [3.8, 4) is 0 Å². The van der Waals surface area contributed by atoms with Crippen molar-refractivity contribution in [3.05, 3.63) is 58.9 Å². The number of anilines is 1. The van der Waals surface area contributed by atoms with E-state index in [0.717, 1.165) is 12.1 Å². The number of ether oxygens (including phenoxy) is 1. The summed E-state index contributed by atoms with van der Waals surface area (Å²) in [6.45, 7) is 1.31. The summed E-state index contributed by atoms with van der Waals surface area (Å²) in [7, 11) is -2.57. The molecule has 27 heavy (non-hydrogen) atoms. The second-order valence-corrected chi connectivity index (χ2v) is 7.69. The zero-order chi connectivity index (χ0) is 20.2. The molecule has 2 rings (SSSR count). The Morgan fingerprint density at radius 3 is 2.52 bits per heavy atom. The molecule has 0 radical (unpaired) electrons. The van der Waals surface area contributed by atoms with Crippen LogP contribution in [0, 0.1) is 5.82 Å². The van der Waals surface area contributed by atoms with Crippen molar-refractivity contribution in [2.75, 3.05) is 12.4 Å². The number of carbonyl (C=O) groups excluding carboxylic acids is 2. The fraction of sp³-hybridized carbons (Fsp3) is 0.176. The summed E-state index contributed by atoms with van der Waals surface area (Å²) >= 11 is 5.94. The van der Waals surface area contributed by atoms with E-state index in [9.17, 15) is 22.4 Å². The number of halogens is 2. The lowest BCUT2D eigenvalue weighted by Crippen LogP contribution is -2.30. The highest BCUT2D eigenvalue weighted by Gasteiger charge is 2.23. The Bertz CT molecular complexity index is 981. The van der Waals surface area contributed by atoms with Crippen LogP contribution in [0.2, 0.25) is 5.02 Å². The third-order valence-electron chi connectivity index (χ3n) is 3.48. The largest absolute Gasteiger partial charge is 0.449 e. The molecule has 2 N–H and O–H groups in total. The van der Waals surface area contributed by atoms with Crippen LogP contribution in [0.3, 0.4) is 0 Å². The first-order valence-corrected chi connectivity index (χ1v) is 9.50. The highest BCUT2D eigenvalue weighted by molar-refractivity contribution is 7.89. The molecule has 144 valence electrons. The zero-order valence-electron chi connectivity index (χ0n) is 14.3. The highest BCUT2D eigenvalue weighted by Crippen LogP contribution is 2.22. The number of carbonyl (C=O) groups is 2. The Hall–Kier alpha value is -2.49. The second kappa shape index (κ2) is 8.47. The molecule has 10 heteroatoms. The Morgan fingerprint density at radius 1 is 1.19 bits per heavy atom. The molecule has 7 nitrogen and oxygen atoms in total. The van der Waals surface area contributed by atoms with Crippen LogP contribution in [0.15, 0.2) is 47.4 Å². The molecule has 0 heterocycles. The number of sulfonamides is 1. The van der Waals surface area contributed by atoms with Gasteiger partial charge in [0.15, 0.2) is 6.10 Å². The minimum absolute atomic E-state index is 0.0345. The average Bonchev–Trinajstić information content (AvgIpc) is 2.61. The number of hydrogen-bond donors (Lipinski definition) is 2.